The maximum Gasteiger partial charge on any atom is 0.346 e. The molecule has 30 atom stereocenters. The number of fused-ring (bicyclic) bond motifs is 4. The van der Waals surface area contributed by atoms with E-state index in [1.54, 1.807) is 20.8 Å². The van der Waals surface area contributed by atoms with Crippen LogP contribution in [0.15, 0.2) is 58.9 Å². The second-order valence-electron chi connectivity index (χ2n) is 28.6. The first kappa shape index (κ1) is 67.4. The number of rotatable bonds is 13. The van der Waals surface area contributed by atoms with Gasteiger partial charge in [0.25, 0.3) is 0 Å². The van der Waals surface area contributed by atoms with Gasteiger partial charge in [-0.3, -0.25) is 9.59 Å². The van der Waals surface area contributed by atoms with Crippen LogP contribution in [0.3, 0.4) is 0 Å². The van der Waals surface area contributed by atoms with Crippen LogP contribution in [0.2, 0.25) is 0 Å². The van der Waals surface area contributed by atoms with Gasteiger partial charge in [-0.15, -0.1) is 0 Å². The number of carbonyl (C=O) groups excluding carboxylic acids is 3. The number of Topliss-reactive ketones (excluding diaryl/α,β-unsaturated/α-hetero) is 1. The van der Waals surface area contributed by atoms with Gasteiger partial charge in [-0.2, -0.15) is 0 Å². The molecule has 6 saturated heterocycles. The summed E-state index contributed by atoms with van der Waals surface area (Å²) in [7, 11) is 0. The molecule has 494 valence electrons. The first-order chi connectivity index (χ1) is 41.5. The lowest BCUT2D eigenvalue weighted by Gasteiger charge is -2.56. The van der Waals surface area contributed by atoms with Crippen LogP contribution in [0, 0.1) is 52.8 Å². The highest BCUT2D eigenvalue weighted by molar-refractivity contribution is 6.26. The Balaban J connectivity index is 0.907. The topological polar surface area (TPSA) is 266 Å². The molecule has 10 aliphatic rings. The molecule has 0 radical (unpaired) electrons. The summed E-state index contributed by atoms with van der Waals surface area (Å²) in [6, 6.07) is -0.672. The molecule has 10 rings (SSSR count). The Labute approximate surface area is 520 Å². The van der Waals surface area contributed by atoms with E-state index < -0.39 is 145 Å². The highest BCUT2D eigenvalue weighted by Gasteiger charge is 2.64. The van der Waals surface area contributed by atoms with E-state index in [2.05, 4.69) is 57.3 Å². The standard InChI is InChI=1S/C68H103NO19/c1-15-16-43-17-18-44-27-36(6)59(87-55-31-66(13,77)62(41(11)82-55)69-42(12)70)34(4)25-32(2)46-20-19-45-57(67(46,14)63(74)56-64(75)68(44,30-43)88-65(56)76)33(3)26-35(5)60(45)85-52-24-22-49(38(8)79-52)83-54-29-50(84-51-23-21-47(71)37(7)78-51)61(40(10)81-54)86-53-28-48(72)58(73)39(9)80-53/h17-20,25,27,33-35,37-41,43-55,57-62,71-74,77H,15-16,21-24,26,28-31H2,1-14H3,(H,69,70)/b32-25+,36-27+,63-56?. The lowest BCUT2D eigenvalue weighted by Crippen LogP contribution is -2.62. The smallest absolute Gasteiger partial charge is 0.346 e. The number of hydrogen-bond donors (Lipinski definition) is 6. The van der Waals surface area contributed by atoms with Gasteiger partial charge >= 0.3 is 5.97 Å². The van der Waals surface area contributed by atoms with Gasteiger partial charge in [0.1, 0.15) is 23.5 Å². The van der Waals surface area contributed by atoms with Crippen LogP contribution < -0.4 is 5.32 Å². The summed E-state index contributed by atoms with van der Waals surface area (Å²) in [6.07, 6.45) is 6.05. The number of amides is 1. The third-order valence-electron chi connectivity index (χ3n) is 21.6. The van der Waals surface area contributed by atoms with Crippen LogP contribution in [0.4, 0.5) is 0 Å². The molecule has 20 nitrogen and oxygen atoms in total. The fourth-order valence-corrected chi connectivity index (χ4v) is 17.3. The second-order valence-corrected chi connectivity index (χ2v) is 28.6. The Hall–Kier alpha value is -3.45. The van der Waals surface area contributed by atoms with E-state index in [0.717, 1.165) is 30.4 Å². The van der Waals surface area contributed by atoms with Gasteiger partial charge in [0, 0.05) is 74.5 Å². The summed E-state index contributed by atoms with van der Waals surface area (Å²) in [5.74, 6) is -4.04. The molecule has 30 unspecified atom stereocenters. The van der Waals surface area contributed by atoms with Crippen molar-refractivity contribution in [1.29, 1.82) is 0 Å². The van der Waals surface area contributed by atoms with E-state index in [9.17, 15) is 35.1 Å². The Bertz CT molecular complexity index is 2660. The number of nitrogens with one attached hydrogen (secondary N) is 1. The molecule has 7 fully saturated rings. The number of carbonyl (C=O) groups is 3. The molecule has 0 aromatic rings. The van der Waals surface area contributed by atoms with Gasteiger partial charge in [-0.05, 0) is 110 Å². The number of aliphatic hydroxyl groups excluding tert-OH is 4. The maximum atomic E-state index is 15.7. The number of hydrogen-bond acceptors (Lipinski definition) is 19. The van der Waals surface area contributed by atoms with Crippen molar-refractivity contribution in [2.45, 2.75) is 296 Å². The summed E-state index contributed by atoms with van der Waals surface area (Å²) < 4.78 is 72.4. The Morgan fingerprint density at radius 2 is 1.31 bits per heavy atom. The molecule has 0 aromatic heterocycles. The first-order valence-electron chi connectivity index (χ1n) is 33.1. The summed E-state index contributed by atoms with van der Waals surface area (Å²) in [6.45, 7) is 26.8. The monoisotopic (exact) mass is 1240 g/mol. The number of esters is 1. The van der Waals surface area contributed by atoms with E-state index in [1.807, 2.05) is 53.7 Å². The third kappa shape index (κ3) is 13.4. The minimum absolute atomic E-state index is 0.0149. The first-order valence-corrected chi connectivity index (χ1v) is 33.1. The number of ether oxygens (including phenoxy) is 11. The van der Waals surface area contributed by atoms with E-state index in [4.69, 9.17) is 52.1 Å². The number of ketones is 1. The SMILES string of the molecule is CCCC1C=CC2/C=C(\C)C(OC3CC(C)(O)C(NC(C)=O)C(C)O3)C(C)/C=C(\C)C3C=CC4C(OC5CCC(OC6CC(OC7CCC(O)C(C)O7)C(OC7CC(O)C(O)C(C)O7)C(C)O6)C(C)O5)C(C)CC(C)C4C3(C)C(O)=C3C(=O)OC2(C1)C3=O. The molecule has 4 aliphatic carbocycles. The van der Waals surface area contributed by atoms with Crippen LogP contribution in [-0.4, -0.2) is 171 Å². The number of aliphatic hydroxyl groups is 5. The van der Waals surface area contributed by atoms with Crippen LogP contribution in [0.25, 0.3) is 0 Å². The van der Waals surface area contributed by atoms with Crippen LogP contribution in [-0.2, 0) is 66.5 Å². The number of allylic oxidation sites excluding steroid dienone is 4. The Kier molecular flexibility index (Phi) is 20.6. The van der Waals surface area contributed by atoms with Crippen LogP contribution in [0.5, 0.6) is 0 Å². The Morgan fingerprint density at radius 3 is 1.99 bits per heavy atom. The van der Waals surface area contributed by atoms with E-state index in [-0.39, 0.29) is 90.6 Å². The third-order valence-corrected chi connectivity index (χ3v) is 21.6. The largest absolute Gasteiger partial charge is 0.511 e. The predicted octanol–water partition coefficient (Wildman–Crippen LogP) is 8.02. The Morgan fingerprint density at radius 1 is 0.659 bits per heavy atom. The highest BCUT2D eigenvalue weighted by Crippen LogP contribution is 2.61. The van der Waals surface area contributed by atoms with Crippen LogP contribution in [0.1, 0.15) is 168 Å². The van der Waals surface area contributed by atoms with Crippen molar-refractivity contribution in [2.24, 2.45) is 52.8 Å². The van der Waals surface area contributed by atoms with Gasteiger partial charge in [0.15, 0.2) is 37.1 Å². The summed E-state index contributed by atoms with van der Waals surface area (Å²) >= 11 is 0. The molecule has 20 heteroatoms. The van der Waals surface area contributed by atoms with Gasteiger partial charge in [-0.1, -0.05) is 83.1 Å². The summed E-state index contributed by atoms with van der Waals surface area (Å²) in [4.78, 5) is 42.8. The molecule has 1 saturated carbocycles. The van der Waals surface area contributed by atoms with Crippen molar-refractivity contribution in [3.63, 3.8) is 0 Å². The van der Waals surface area contributed by atoms with Crippen molar-refractivity contribution in [3.05, 3.63) is 58.9 Å². The van der Waals surface area contributed by atoms with Crippen molar-refractivity contribution < 1.29 is 92.0 Å². The lowest BCUT2D eigenvalue weighted by molar-refractivity contribution is -0.346. The zero-order valence-corrected chi connectivity index (χ0v) is 54.3. The van der Waals surface area contributed by atoms with Gasteiger partial charge in [-0.25, -0.2) is 4.79 Å². The molecule has 1 spiro atoms. The average molecular weight is 1240 g/mol. The van der Waals surface area contributed by atoms with Crippen molar-refractivity contribution >= 4 is 17.7 Å². The maximum absolute atomic E-state index is 15.7. The quantitative estimate of drug-likeness (QED) is 0.0579. The molecule has 88 heavy (non-hydrogen) atoms. The van der Waals surface area contributed by atoms with Gasteiger partial charge in [0.2, 0.25) is 11.7 Å². The highest BCUT2D eigenvalue weighted by atomic mass is 16.8. The molecule has 0 aromatic carbocycles. The average Bonchev–Trinajstić information content (AvgIpc) is 1.31. The zero-order valence-electron chi connectivity index (χ0n) is 54.3. The minimum atomic E-state index is -1.63. The molecule has 2 bridgehead atoms. The van der Waals surface area contributed by atoms with E-state index >= 15 is 4.79 Å². The van der Waals surface area contributed by atoms with Crippen molar-refractivity contribution in [3.8, 4) is 0 Å². The van der Waals surface area contributed by atoms with Crippen molar-refractivity contribution in [1.82, 2.24) is 5.32 Å². The molecule has 1 amide bonds. The van der Waals surface area contributed by atoms with E-state index in [0.29, 0.717) is 25.7 Å². The summed E-state index contributed by atoms with van der Waals surface area (Å²) in [5.41, 5.74) is -2.82. The molecule has 6 heterocycles. The van der Waals surface area contributed by atoms with E-state index in [1.165, 1.54) is 6.92 Å². The second kappa shape index (κ2) is 26.9. The normalized spacial score (nSPS) is 50.4. The molecular weight excluding hydrogens is 1130 g/mol. The lowest BCUT2D eigenvalue weighted by atomic mass is 9.49. The molecule has 6 aliphatic heterocycles. The fraction of sp³-hybridized carbons (Fsp3) is 0.809. The molecule has 6 N–H and O–H groups in total. The summed E-state index contributed by atoms with van der Waals surface area (Å²) in [5, 5.41) is 59.4. The zero-order chi connectivity index (χ0) is 63.6. The predicted molar refractivity (Wildman–Crippen MR) is 321 cm³/mol. The van der Waals surface area contributed by atoms with Gasteiger partial charge < -0.3 is 83.0 Å². The fourth-order valence-electron chi connectivity index (χ4n) is 17.3. The minimum Gasteiger partial charge on any atom is -0.511 e. The molecular formula is C68H103NO19. The van der Waals surface area contributed by atoms with Crippen molar-refractivity contribution in [2.75, 3.05) is 0 Å². The van der Waals surface area contributed by atoms with Gasteiger partial charge in [0.05, 0.1) is 78.8 Å². The van der Waals surface area contributed by atoms with Crippen LogP contribution >= 0.6 is 0 Å².